The predicted octanol–water partition coefficient (Wildman–Crippen LogP) is 1.23. The second kappa shape index (κ2) is 5.47. The summed E-state index contributed by atoms with van der Waals surface area (Å²) in [5.41, 5.74) is 1.14. The third kappa shape index (κ3) is 2.41. The molecule has 1 aromatic rings. The highest BCUT2D eigenvalue weighted by molar-refractivity contribution is 7.15. The highest BCUT2D eigenvalue weighted by atomic mass is 32.1. The lowest BCUT2D eigenvalue weighted by atomic mass is 9.98. The number of aryl methyl sites for hydroxylation is 2. The second-order valence-electron chi connectivity index (χ2n) is 6.67. The fourth-order valence-electron chi connectivity index (χ4n) is 3.97. The molecule has 2 bridgehead atoms. The first kappa shape index (κ1) is 14.4. The standard InChI is InChI=1S/C15H21N3O3S/c19-12-8-5-9(13(12)20)7-18(6-8)15(21)17-14-16-10-3-1-2-4-11(10)22-14/h8-9,12-13,19-20H,1-7H2,(H,16,17,21)/t8-,9+,12+,13-. The van der Waals surface area contributed by atoms with Gasteiger partial charge in [-0.1, -0.05) is 0 Å². The molecule has 2 heterocycles. The Morgan fingerprint density at radius 1 is 1.18 bits per heavy atom. The average molecular weight is 323 g/mol. The van der Waals surface area contributed by atoms with Crippen LogP contribution >= 0.6 is 11.3 Å². The van der Waals surface area contributed by atoms with Gasteiger partial charge in [0, 0.05) is 29.8 Å². The largest absolute Gasteiger partial charge is 0.390 e. The van der Waals surface area contributed by atoms with Crippen molar-refractivity contribution >= 4 is 22.5 Å². The maximum absolute atomic E-state index is 12.4. The fraction of sp³-hybridized carbons (Fsp3) is 0.733. The molecule has 3 N–H and O–H groups in total. The second-order valence-corrected chi connectivity index (χ2v) is 7.75. The first-order valence-corrected chi connectivity index (χ1v) is 8.84. The SMILES string of the molecule is O=C(Nc1nc2c(s1)CCCC2)N1C[C@@H]2C[C@H](C1)[C@H](O)[C@@H]2O. The first-order valence-electron chi connectivity index (χ1n) is 8.02. The number of hydrogen-bond donors (Lipinski definition) is 3. The van der Waals surface area contributed by atoms with Crippen LogP contribution in [0.2, 0.25) is 0 Å². The Bertz CT molecular complexity index is 551. The van der Waals surface area contributed by atoms with Crippen molar-refractivity contribution in [2.75, 3.05) is 18.4 Å². The Balaban J connectivity index is 1.43. The number of likely N-dealkylation sites (tertiary alicyclic amines) is 1. The summed E-state index contributed by atoms with van der Waals surface area (Å²) >= 11 is 1.58. The zero-order chi connectivity index (χ0) is 15.3. The number of aliphatic hydroxyl groups excluding tert-OH is 2. The number of urea groups is 1. The number of piperidine rings is 1. The van der Waals surface area contributed by atoms with Crippen molar-refractivity contribution in [2.24, 2.45) is 11.8 Å². The zero-order valence-electron chi connectivity index (χ0n) is 12.4. The van der Waals surface area contributed by atoms with Gasteiger partial charge in [-0.3, -0.25) is 5.32 Å². The van der Waals surface area contributed by atoms with Crippen LogP contribution < -0.4 is 5.32 Å². The highest BCUT2D eigenvalue weighted by Crippen LogP contribution is 2.37. The number of thiazole rings is 1. The van der Waals surface area contributed by atoms with E-state index in [-0.39, 0.29) is 17.9 Å². The van der Waals surface area contributed by atoms with Crippen LogP contribution in [0.25, 0.3) is 0 Å². The molecule has 3 aliphatic rings. The lowest BCUT2D eigenvalue weighted by Gasteiger charge is -2.31. The summed E-state index contributed by atoms with van der Waals surface area (Å²) in [5.74, 6) is -0.0204. The normalized spacial score (nSPS) is 33.6. The molecule has 2 aliphatic carbocycles. The van der Waals surface area contributed by atoms with Crippen LogP contribution in [-0.2, 0) is 12.8 Å². The maximum atomic E-state index is 12.4. The van der Waals surface area contributed by atoms with Gasteiger partial charge in [-0.25, -0.2) is 9.78 Å². The van der Waals surface area contributed by atoms with E-state index in [1.165, 1.54) is 17.7 Å². The third-order valence-corrected chi connectivity index (χ3v) is 6.25. The summed E-state index contributed by atoms with van der Waals surface area (Å²) in [7, 11) is 0. The number of nitrogens with zero attached hydrogens (tertiary/aromatic N) is 2. The summed E-state index contributed by atoms with van der Waals surface area (Å²) in [6.45, 7) is 1.01. The van der Waals surface area contributed by atoms with Crippen molar-refractivity contribution in [3.8, 4) is 0 Å². The predicted molar refractivity (Wildman–Crippen MR) is 83.0 cm³/mol. The van der Waals surface area contributed by atoms with Crippen LogP contribution in [-0.4, -0.2) is 51.4 Å². The van der Waals surface area contributed by atoms with Crippen molar-refractivity contribution < 1.29 is 15.0 Å². The molecule has 2 amide bonds. The number of nitrogens with one attached hydrogen (secondary N) is 1. The van der Waals surface area contributed by atoms with E-state index in [9.17, 15) is 15.0 Å². The van der Waals surface area contributed by atoms with Gasteiger partial charge in [0.05, 0.1) is 17.9 Å². The minimum atomic E-state index is -0.699. The van der Waals surface area contributed by atoms with E-state index in [0.717, 1.165) is 25.0 Å². The third-order valence-electron chi connectivity index (χ3n) is 5.18. The molecule has 1 saturated heterocycles. The number of rotatable bonds is 1. The molecule has 0 aromatic carbocycles. The highest BCUT2D eigenvalue weighted by Gasteiger charge is 2.47. The van der Waals surface area contributed by atoms with E-state index in [1.807, 2.05) is 0 Å². The van der Waals surface area contributed by atoms with Crippen molar-refractivity contribution in [1.29, 1.82) is 0 Å². The number of aliphatic hydroxyl groups is 2. The molecule has 1 aromatic heterocycles. The van der Waals surface area contributed by atoms with Crippen molar-refractivity contribution in [2.45, 2.75) is 44.3 Å². The van der Waals surface area contributed by atoms with Crippen LogP contribution in [0.4, 0.5) is 9.93 Å². The van der Waals surface area contributed by atoms with Crippen LogP contribution in [0.5, 0.6) is 0 Å². The molecule has 7 heteroatoms. The van der Waals surface area contributed by atoms with Gasteiger partial charge in [0.1, 0.15) is 0 Å². The number of carbonyl (C=O) groups is 1. The minimum Gasteiger partial charge on any atom is -0.390 e. The van der Waals surface area contributed by atoms with Gasteiger partial charge < -0.3 is 15.1 Å². The van der Waals surface area contributed by atoms with Gasteiger partial charge in [-0.15, -0.1) is 11.3 Å². The van der Waals surface area contributed by atoms with E-state index in [4.69, 9.17) is 0 Å². The summed E-state index contributed by atoms with van der Waals surface area (Å²) in [6.07, 6.45) is 3.86. The molecule has 0 unspecified atom stereocenters. The Labute approximate surface area is 133 Å². The number of carbonyl (C=O) groups excluding carboxylic acids is 1. The van der Waals surface area contributed by atoms with Gasteiger partial charge >= 0.3 is 6.03 Å². The zero-order valence-corrected chi connectivity index (χ0v) is 13.2. The summed E-state index contributed by atoms with van der Waals surface area (Å²) in [5, 5.41) is 23.5. The molecule has 0 spiro atoms. The molecule has 4 atom stereocenters. The molecule has 1 saturated carbocycles. The Morgan fingerprint density at radius 3 is 2.55 bits per heavy atom. The molecule has 120 valence electrons. The van der Waals surface area contributed by atoms with Gasteiger partial charge in [0.2, 0.25) is 0 Å². The monoisotopic (exact) mass is 323 g/mol. The van der Waals surface area contributed by atoms with Gasteiger partial charge in [-0.05, 0) is 32.1 Å². The molecular formula is C15H21N3O3S. The van der Waals surface area contributed by atoms with E-state index in [1.54, 1.807) is 16.2 Å². The summed E-state index contributed by atoms with van der Waals surface area (Å²) in [6, 6.07) is -0.165. The average Bonchev–Trinajstić information content (AvgIpc) is 3.02. The van der Waals surface area contributed by atoms with E-state index in [2.05, 4.69) is 10.3 Å². The number of anilines is 1. The lowest BCUT2D eigenvalue weighted by molar-refractivity contribution is 0.0130. The molecule has 0 radical (unpaired) electrons. The summed E-state index contributed by atoms with van der Waals surface area (Å²) in [4.78, 5) is 20.0. The molecule has 6 nitrogen and oxygen atoms in total. The van der Waals surface area contributed by atoms with Crippen LogP contribution in [0.15, 0.2) is 0 Å². The van der Waals surface area contributed by atoms with Crippen molar-refractivity contribution in [1.82, 2.24) is 9.88 Å². The minimum absolute atomic E-state index is 0.0102. The topological polar surface area (TPSA) is 85.7 Å². The van der Waals surface area contributed by atoms with Crippen LogP contribution in [0.1, 0.15) is 29.8 Å². The Morgan fingerprint density at radius 2 is 1.86 bits per heavy atom. The number of hydrogen-bond acceptors (Lipinski definition) is 5. The number of amides is 2. The van der Waals surface area contributed by atoms with Crippen LogP contribution in [0.3, 0.4) is 0 Å². The molecule has 1 aliphatic heterocycles. The van der Waals surface area contributed by atoms with Crippen molar-refractivity contribution in [3.63, 3.8) is 0 Å². The smallest absolute Gasteiger partial charge is 0.323 e. The van der Waals surface area contributed by atoms with Crippen molar-refractivity contribution in [3.05, 3.63) is 10.6 Å². The molecule has 22 heavy (non-hydrogen) atoms. The lowest BCUT2D eigenvalue weighted by Crippen LogP contribution is -2.44. The number of fused-ring (bicyclic) bond motifs is 3. The fourth-order valence-corrected chi connectivity index (χ4v) is 5.01. The van der Waals surface area contributed by atoms with Gasteiger partial charge in [0.15, 0.2) is 5.13 Å². The molecule has 2 fully saturated rings. The molecule has 4 rings (SSSR count). The van der Waals surface area contributed by atoms with E-state index in [0.29, 0.717) is 18.2 Å². The van der Waals surface area contributed by atoms with Gasteiger partial charge in [-0.2, -0.15) is 0 Å². The first-order chi connectivity index (χ1) is 10.6. The summed E-state index contributed by atoms with van der Waals surface area (Å²) < 4.78 is 0. The quantitative estimate of drug-likeness (QED) is 0.725. The maximum Gasteiger partial charge on any atom is 0.323 e. The van der Waals surface area contributed by atoms with E-state index < -0.39 is 12.2 Å². The Hall–Kier alpha value is -1.18. The van der Waals surface area contributed by atoms with Crippen LogP contribution in [0, 0.1) is 11.8 Å². The number of aromatic nitrogens is 1. The molecular weight excluding hydrogens is 302 g/mol. The van der Waals surface area contributed by atoms with Gasteiger partial charge in [0.25, 0.3) is 0 Å². The van der Waals surface area contributed by atoms with E-state index >= 15 is 0 Å². The Kier molecular flexibility index (Phi) is 3.58.